The van der Waals surface area contributed by atoms with Crippen molar-refractivity contribution in [2.45, 2.75) is 70.8 Å². The van der Waals surface area contributed by atoms with Crippen LogP contribution in [-0.2, 0) is 4.79 Å². The maximum absolute atomic E-state index is 11.4. The Morgan fingerprint density at radius 2 is 1.36 bits per heavy atom. The Morgan fingerprint density at radius 3 is 1.93 bits per heavy atom. The summed E-state index contributed by atoms with van der Waals surface area (Å²) >= 11 is 0. The van der Waals surface area contributed by atoms with Crippen molar-refractivity contribution >= 4 is 5.97 Å². The van der Waals surface area contributed by atoms with Crippen molar-refractivity contribution in [2.24, 2.45) is 0 Å². The quantitative estimate of drug-likeness (QED) is 0.390. The topological polar surface area (TPSA) is 49.4 Å². The smallest absolute Gasteiger partial charge is 0.546 e. The van der Waals surface area contributed by atoms with E-state index in [1.807, 2.05) is 54.6 Å². The van der Waals surface area contributed by atoms with E-state index in [0.717, 1.165) is 30.4 Å². The Morgan fingerprint density at radius 1 is 0.821 bits per heavy atom. The van der Waals surface area contributed by atoms with Crippen molar-refractivity contribution in [1.29, 1.82) is 0 Å². The summed E-state index contributed by atoms with van der Waals surface area (Å²) < 4.78 is 5.66. The molecule has 0 amide bonds. The molecular weight excluding hydrogens is 359 g/mol. The number of benzene rings is 2. The van der Waals surface area contributed by atoms with Gasteiger partial charge >= 0.3 is 29.6 Å². The molecule has 2 aromatic rings. The molecule has 4 heteroatoms. The Labute approximate surface area is 191 Å². The fourth-order valence-corrected chi connectivity index (χ4v) is 3.21. The Bertz CT molecular complexity index is 655. The van der Waals surface area contributed by atoms with Crippen LogP contribution < -0.4 is 39.4 Å². The number of unbranched alkanes of at least 4 members (excludes halogenated alkanes) is 7. The summed E-state index contributed by atoms with van der Waals surface area (Å²) in [5.74, 6) is -0.562. The number of rotatable bonds is 13. The first-order valence-electron chi connectivity index (χ1n) is 10.2. The number of carbonyl (C=O) groups is 1. The van der Waals surface area contributed by atoms with Gasteiger partial charge in [0.2, 0.25) is 0 Å². The number of aliphatic carboxylic acids is 1. The summed E-state index contributed by atoms with van der Waals surface area (Å²) in [6.07, 6.45) is 9.07. The first-order chi connectivity index (χ1) is 13.2. The first-order valence-corrected chi connectivity index (χ1v) is 10.2. The molecule has 28 heavy (non-hydrogen) atoms. The standard InChI is InChI=1S/C24H32O3.Na/c1-2-3-4-5-6-7-8-12-15-23(24(25)26)27-22-18-16-21(17-19-22)20-13-10-9-11-14-20;/h9-11,13-14,16-19,23H,2-8,12,15H2,1H3,(H,25,26);/q;+1/p-1. The second kappa shape index (κ2) is 14.7. The first kappa shape index (κ1) is 24.7. The third-order valence-electron chi connectivity index (χ3n) is 4.82. The van der Waals surface area contributed by atoms with Gasteiger partial charge in [-0.05, 0) is 36.1 Å². The zero-order valence-electron chi connectivity index (χ0n) is 17.4. The summed E-state index contributed by atoms with van der Waals surface area (Å²) in [7, 11) is 0. The van der Waals surface area contributed by atoms with Crippen molar-refractivity contribution in [2.75, 3.05) is 0 Å². The minimum atomic E-state index is -1.13. The molecule has 0 aliphatic rings. The molecule has 0 bridgehead atoms. The van der Waals surface area contributed by atoms with Gasteiger partial charge in [-0.25, -0.2) is 0 Å². The van der Waals surface area contributed by atoms with Crippen molar-refractivity contribution in [1.82, 2.24) is 0 Å². The monoisotopic (exact) mass is 390 g/mol. The molecular formula is C24H31NaO3. The molecule has 2 rings (SSSR count). The molecule has 0 heterocycles. The minimum Gasteiger partial charge on any atom is -0.546 e. The van der Waals surface area contributed by atoms with Crippen LogP contribution in [0.1, 0.15) is 64.7 Å². The number of ether oxygens (including phenoxy) is 1. The van der Waals surface area contributed by atoms with E-state index in [2.05, 4.69) is 6.92 Å². The summed E-state index contributed by atoms with van der Waals surface area (Å²) in [4.78, 5) is 11.4. The van der Waals surface area contributed by atoms with Crippen LogP contribution in [0.15, 0.2) is 54.6 Å². The normalized spacial score (nSPS) is 11.5. The van der Waals surface area contributed by atoms with Gasteiger partial charge in [-0.3, -0.25) is 0 Å². The number of carboxylic acid groups (broad SMARTS) is 1. The molecule has 1 atom stereocenters. The molecule has 0 radical (unpaired) electrons. The Balaban J connectivity index is 0.00000392. The molecule has 3 nitrogen and oxygen atoms in total. The average Bonchev–Trinajstić information content (AvgIpc) is 2.70. The van der Waals surface area contributed by atoms with Gasteiger partial charge in [0.1, 0.15) is 11.9 Å². The van der Waals surface area contributed by atoms with Gasteiger partial charge in [0, 0.05) is 0 Å². The van der Waals surface area contributed by atoms with Crippen LogP contribution in [0.25, 0.3) is 11.1 Å². The number of hydrogen-bond donors (Lipinski definition) is 0. The molecule has 2 aromatic carbocycles. The SMILES string of the molecule is CCCCCCCCCCC(Oc1ccc(-c2ccccc2)cc1)C(=O)[O-].[Na+]. The molecule has 0 saturated carbocycles. The molecule has 0 aliphatic heterocycles. The van der Waals surface area contributed by atoms with Gasteiger partial charge in [0.25, 0.3) is 0 Å². The van der Waals surface area contributed by atoms with Crippen LogP contribution in [0, 0.1) is 0 Å². The van der Waals surface area contributed by atoms with Crippen molar-refractivity contribution in [3.05, 3.63) is 54.6 Å². The molecule has 0 aromatic heterocycles. The number of carboxylic acids is 1. The predicted octanol–water partition coefficient (Wildman–Crippen LogP) is 2.39. The van der Waals surface area contributed by atoms with E-state index in [9.17, 15) is 9.90 Å². The molecule has 0 aliphatic carbocycles. The minimum absolute atomic E-state index is 0. The van der Waals surface area contributed by atoms with Gasteiger partial charge in [-0.2, -0.15) is 0 Å². The van der Waals surface area contributed by atoms with Gasteiger partial charge in [0.05, 0.1) is 5.97 Å². The maximum atomic E-state index is 11.4. The molecule has 146 valence electrons. The van der Waals surface area contributed by atoms with Crippen LogP contribution in [0.2, 0.25) is 0 Å². The van der Waals surface area contributed by atoms with Gasteiger partial charge in [0.15, 0.2) is 0 Å². The van der Waals surface area contributed by atoms with Gasteiger partial charge < -0.3 is 14.6 Å². The number of carbonyl (C=O) groups excluding carboxylic acids is 1. The Kier molecular flexibility index (Phi) is 13.0. The summed E-state index contributed by atoms with van der Waals surface area (Å²) in [6.45, 7) is 2.22. The van der Waals surface area contributed by atoms with E-state index in [0.29, 0.717) is 12.2 Å². The predicted molar refractivity (Wildman–Crippen MR) is 109 cm³/mol. The second-order valence-electron chi connectivity index (χ2n) is 7.08. The summed E-state index contributed by atoms with van der Waals surface area (Å²) in [6, 6.07) is 17.6. The molecule has 0 spiro atoms. The van der Waals surface area contributed by atoms with Crippen molar-refractivity contribution in [3.8, 4) is 16.9 Å². The van der Waals surface area contributed by atoms with Crippen molar-refractivity contribution in [3.63, 3.8) is 0 Å². The van der Waals surface area contributed by atoms with E-state index in [4.69, 9.17) is 4.74 Å². The van der Waals surface area contributed by atoms with E-state index in [1.54, 1.807) is 0 Å². The van der Waals surface area contributed by atoms with Crippen molar-refractivity contribution < 1.29 is 44.2 Å². The van der Waals surface area contributed by atoms with Crippen LogP contribution in [-0.4, -0.2) is 12.1 Å². The van der Waals surface area contributed by atoms with Gasteiger partial charge in [-0.15, -0.1) is 0 Å². The third-order valence-corrected chi connectivity index (χ3v) is 4.82. The second-order valence-corrected chi connectivity index (χ2v) is 7.08. The molecule has 0 saturated heterocycles. The fourth-order valence-electron chi connectivity index (χ4n) is 3.21. The average molecular weight is 390 g/mol. The van der Waals surface area contributed by atoms with E-state index < -0.39 is 12.1 Å². The summed E-state index contributed by atoms with van der Waals surface area (Å²) in [5, 5.41) is 11.4. The van der Waals surface area contributed by atoms with E-state index in [-0.39, 0.29) is 29.6 Å². The molecule has 1 unspecified atom stereocenters. The van der Waals surface area contributed by atoms with Crippen LogP contribution >= 0.6 is 0 Å². The van der Waals surface area contributed by atoms with Crippen LogP contribution in [0.3, 0.4) is 0 Å². The van der Waals surface area contributed by atoms with E-state index >= 15 is 0 Å². The Hall–Kier alpha value is -1.29. The maximum Gasteiger partial charge on any atom is 1.00 e. The van der Waals surface area contributed by atoms with Crippen LogP contribution in [0.4, 0.5) is 0 Å². The summed E-state index contributed by atoms with van der Waals surface area (Å²) in [5.41, 5.74) is 2.20. The van der Waals surface area contributed by atoms with Gasteiger partial charge in [-0.1, -0.05) is 94.3 Å². The largest absolute Gasteiger partial charge is 1.00 e. The zero-order chi connectivity index (χ0) is 19.3. The van der Waals surface area contributed by atoms with E-state index in [1.165, 1.54) is 32.1 Å². The van der Waals surface area contributed by atoms with Crippen LogP contribution in [0.5, 0.6) is 5.75 Å². The molecule has 0 N–H and O–H groups in total. The fraction of sp³-hybridized carbons (Fsp3) is 0.458. The third kappa shape index (κ3) is 9.27. The number of hydrogen-bond acceptors (Lipinski definition) is 3. The molecule has 0 fully saturated rings. The zero-order valence-corrected chi connectivity index (χ0v) is 19.4.